The first-order chi connectivity index (χ1) is 7.81. The number of hydrogen-bond acceptors (Lipinski definition) is 4. The van der Waals surface area contributed by atoms with Crippen molar-refractivity contribution in [1.29, 1.82) is 0 Å². The summed E-state index contributed by atoms with van der Waals surface area (Å²) >= 11 is 1.60. The van der Waals surface area contributed by atoms with E-state index in [1.807, 2.05) is 16.5 Å². The van der Waals surface area contributed by atoms with Gasteiger partial charge in [-0.2, -0.15) is 0 Å². The number of aromatic nitrogens is 2. The molecule has 3 heterocycles. The summed E-state index contributed by atoms with van der Waals surface area (Å²) in [6.45, 7) is 2.10. The second-order valence-electron chi connectivity index (χ2n) is 3.52. The Hall–Kier alpha value is -1.75. The maximum absolute atomic E-state index is 6.10. The fourth-order valence-corrected chi connectivity index (χ4v) is 2.76. The van der Waals surface area contributed by atoms with Gasteiger partial charge in [0.2, 0.25) is 0 Å². The van der Waals surface area contributed by atoms with Crippen LogP contribution in [0.15, 0.2) is 28.2 Å². The zero-order chi connectivity index (χ0) is 11.1. The number of fused-ring (bicyclic) bond motifs is 1. The second kappa shape index (κ2) is 3.38. The smallest absolute Gasteiger partial charge is 0.196 e. The van der Waals surface area contributed by atoms with Crippen molar-refractivity contribution < 1.29 is 4.42 Å². The maximum atomic E-state index is 6.10. The molecule has 3 aromatic rings. The number of imidazole rings is 1. The number of nitrogens with two attached hydrogens (primary N) is 1. The average Bonchev–Trinajstić information content (AvgIpc) is 2.96. The number of furan rings is 1. The Morgan fingerprint density at radius 2 is 2.44 bits per heavy atom. The molecule has 5 heteroatoms. The lowest BCUT2D eigenvalue weighted by Crippen LogP contribution is -1.96. The number of nitrogen functional groups attached to an aromatic ring is 1. The fourth-order valence-electron chi connectivity index (χ4n) is 1.78. The summed E-state index contributed by atoms with van der Waals surface area (Å²) in [5.41, 5.74) is 8.01. The van der Waals surface area contributed by atoms with Crippen LogP contribution in [0.1, 0.15) is 12.6 Å². The van der Waals surface area contributed by atoms with Gasteiger partial charge < -0.3 is 10.2 Å². The molecule has 0 fully saturated rings. The van der Waals surface area contributed by atoms with Gasteiger partial charge in [-0.1, -0.05) is 6.92 Å². The lowest BCUT2D eigenvalue weighted by molar-refractivity contribution is 0.581. The number of thiazole rings is 1. The van der Waals surface area contributed by atoms with Crippen molar-refractivity contribution in [1.82, 2.24) is 9.38 Å². The third kappa shape index (κ3) is 1.18. The average molecular weight is 233 g/mol. The zero-order valence-electron chi connectivity index (χ0n) is 8.80. The van der Waals surface area contributed by atoms with E-state index in [1.165, 1.54) is 5.69 Å². The van der Waals surface area contributed by atoms with E-state index in [-0.39, 0.29) is 0 Å². The number of anilines is 1. The molecule has 3 aromatic heterocycles. The van der Waals surface area contributed by atoms with Crippen LogP contribution in [0.25, 0.3) is 16.4 Å². The Labute approximate surface area is 96.3 Å². The van der Waals surface area contributed by atoms with Gasteiger partial charge in [-0.15, -0.1) is 11.3 Å². The molecule has 2 N–H and O–H groups in total. The molecular weight excluding hydrogens is 222 g/mol. The van der Waals surface area contributed by atoms with E-state index in [1.54, 1.807) is 17.6 Å². The van der Waals surface area contributed by atoms with Gasteiger partial charge in [0.1, 0.15) is 11.5 Å². The molecule has 0 saturated carbocycles. The molecule has 16 heavy (non-hydrogen) atoms. The van der Waals surface area contributed by atoms with Crippen LogP contribution in [-0.2, 0) is 6.42 Å². The van der Waals surface area contributed by atoms with E-state index in [0.717, 1.165) is 22.8 Å². The molecule has 0 aliphatic heterocycles. The fraction of sp³-hybridized carbons (Fsp3) is 0.182. The monoisotopic (exact) mass is 233 g/mol. The van der Waals surface area contributed by atoms with Crippen LogP contribution < -0.4 is 5.73 Å². The van der Waals surface area contributed by atoms with Crippen LogP contribution in [0.4, 0.5) is 5.82 Å². The molecular formula is C11H11N3OS. The quantitative estimate of drug-likeness (QED) is 0.740. The summed E-state index contributed by atoms with van der Waals surface area (Å²) in [6, 6.07) is 3.71. The number of rotatable bonds is 2. The van der Waals surface area contributed by atoms with E-state index in [4.69, 9.17) is 10.2 Å². The molecule has 0 amide bonds. The summed E-state index contributed by atoms with van der Waals surface area (Å²) < 4.78 is 7.31. The molecule has 0 aliphatic carbocycles. The Morgan fingerprint density at radius 1 is 1.56 bits per heavy atom. The topological polar surface area (TPSA) is 56.5 Å². The first-order valence-electron chi connectivity index (χ1n) is 5.09. The van der Waals surface area contributed by atoms with Gasteiger partial charge in [0.05, 0.1) is 6.26 Å². The number of aryl methyl sites for hydroxylation is 1. The van der Waals surface area contributed by atoms with Crippen LogP contribution in [0.5, 0.6) is 0 Å². The summed E-state index contributed by atoms with van der Waals surface area (Å²) in [6.07, 6.45) is 2.57. The summed E-state index contributed by atoms with van der Waals surface area (Å²) in [5, 5.41) is 2.09. The Balaban J connectivity index is 2.28. The highest BCUT2D eigenvalue weighted by Crippen LogP contribution is 2.30. The van der Waals surface area contributed by atoms with E-state index in [2.05, 4.69) is 17.3 Å². The predicted molar refractivity (Wildman–Crippen MR) is 64.6 cm³/mol. The zero-order valence-corrected chi connectivity index (χ0v) is 9.62. The van der Waals surface area contributed by atoms with Crippen LogP contribution in [0, 0.1) is 0 Å². The van der Waals surface area contributed by atoms with E-state index in [9.17, 15) is 0 Å². The first kappa shape index (κ1) is 9.47. The number of nitrogens with zero attached hydrogens (tertiary/aromatic N) is 2. The molecule has 0 radical (unpaired) electrons. The van der Waals surface area contributed by atoms with Crippen molar-refractivity contribution in [2.24, 2.45) is 0 Å². The molecule has 0 spiro atoms. The third-order valence-corrected chi connectivity index (χ3v) is 3.46. The van der Waals surface area contributed by atoms with Gasteiger partial charge in [-0.05, 0) is 18.6 Å². The predicted octanol–water partition coefficient (Wildman–Crippen LogP) is 2.80. The van der Waals surface area contributed by atoms with Crippen LogP contribution in [0.3, 0.4) is 0 Å². The van der Waals surface area contributed by atoms with E-state index >= 15 is 0 Å². The van der Waals surface area contributed by atoms with Crippen LogP contribution in [0.2, 0.25) is 0 Å². The van der Waals surface area contributed by atoms with Crippen molar-refractivity contribution in [3.63, 3.8) is 0 Å². The number of hydrogen-bond donors (Lipinski definition) is 1. The lowest BCUT2D eigenvalue weighted by Gasteiger charge is -1.97. The second-order valence-corrected chi connectivity index (χ2v) is 4.36. The van der Waals surface area contributed by atoms with Crippen molar-refractivity contribution in [2.75, 3.05) is 5.73 Å². The molecule has 4 nitrogen and oxygen atoms in total. The van der Waals surface area contributed by atoms with Crippen molar-refractivity contribution in [3.05, 3.63) is 29.5 Å². The molecule has 0 atom stereocenters. The molecule has 0 saturated heterocycles. The lowest BCUT2D eigenvalue weighted by atomic mass is 10.3. The molecule has 0 unspecified atom stereocenters. The minimum absolute atomic E-state index is 0.656. The highest BCUT2D eigenvalue weighted by atomic mass is 32.1. The van der Waals surface area contributed by atoms with Crippen LogP contribution >= 0.6 is 11.3 Å². The normalized spacial score (nSPS) is 11.3. The molecule has 82 valence electrons. The van der Waals surface area contributed by atoms with Gasteiger partial charge in [0, 0.05) is 11.1 Å². The minimum atomic E-state index is 0.656. The van der Waals surface area contributed by atoms with Gasteiger partial charge >= 0.3 is 0 Å². The van der Waals surface area contributed by atoms with Crippen molar-refractivity contribution in [2.45, 2.75) is 13.3 Å². The van der Waals surface area contributed by atoms with Gasteiger partial charge in [0.25, 0.3) is 0 Å². The SMILES string of the molecule is CCc1csc2nc(-c3ccco3)c(N)n12. The highest BCUT2D eigenvalue weighted by molar-refractivity contribution is 7.15. The van der Waals surface area contributed by atoms with Crippen molar-refractivity contribution >= 4 is 22.1 Å². The van der Waals surface area contributed by atoms with E-state index < -0.39 is 0 Å². The molecule has 3 rings (SSSR count). The standard InChI is InChI=1S/C11H11N3OS/c1-2-7-6-16-11-13-9(10(12)14(7)11)8-4-3-5-15-8/h3-6H,2,12H2,1H3. The molecule has 0 aliphatic rings. The summed E-state index contributed by atoms with van der Waals surface area (Å²) in [7, 11) is 0. The Bertz CT molecular complexity index is 621. The van der Waals surface area contributed by atoms with Gasteiger partial charge in [-0.3, -0.25) is 4.40 Å². The summed E-state index contributed by atoms with van der Waals surface area (Å²) in [5.74, 6) is 1.37. The third-order valence-electron chi connectivity index (χ3n) is 2.59. The van der Waals surface area contributed by atoms with E-state index in [0.29, 0.717) is 5.82 Å². The first-order valence-corrected chi connectivity index (χ1v) is 5.97. The molecule has 0 aromatic carbocycles. The van der Waals surface area contributed by atoms with Gasteiger partial charge in [0.15, 0.2) is 10.7 Å². The molecule has 0 bridgehead atoms. The largest absolute Gasteiger partial charge is 0.463 e. The Kier molecular flexibility index (Phi) is 2.00. The van der Waals surface area contributed by atoms with Gasteiger partial charge in [-0.25, -0.2) is 4.98 Å². The minimum Gasteiger partial charge on any atom is -0.463 e. The van der Waals surface area contributed by atoms with Crippen molar-refractivity contribution in [3.8, 4) is 11.5 Å². The maximum Gasteiger partial charge on any atom is 0.196 e. The highest BCUT2D eigenvalue weighted by Gasteiger charge is 2.16. The Morgan fingerprint density at radius 3 is 3.12 bits per heavy atom. The van der Waals surface area contributed by atoms with Crippen LogP contribution in [-0.4, -0.2) is 9.38 Å². The summed E-state index contributed by atoms with van der Waals surface area (Å²) in [4.78, 5) is 5.40.